The Morgan fingerprint density at radius 3 is 2.77 bits per heavy atom. The van der Waals surface area contributed by atoms with Crippen molar-refractivity contribution in [3.8, 4) is 5.75 Å². The maximum atomic E-state index is 12.1. The highest BCUT2D eigenvalue weighted by Crippen LogP contribution is 2.21. The van der Waals surface area contributed by atoms with Crippen LogP contribution in [0.1, 0.15) is 19.5 Å². The number of rotatable bonds is 4. The Morgan fingerprint density at radius 1 is 1.45 bits per heavy atom. The predicted octanol–water partition coefficient (Wildman–Crippen LogP) is 2.91. The van der Waals surface area contributed by atoms with Gasteiger partial charge in [0, 0.05) is 37.2 Å². The van der Waals surface area contributed by atoms with E-state index < -0.39 is 0 Å². The van der Waals surface area contributed by atoms with Crippen LogP contribution in [0.4, 0.5) is 0 Å². The molecular weight excluding hydrogens is 342 g/mol. The summed E-state index contributed by atoms with van der Waals surface area (Å²) in [5.74, 6) is 0.353. The molecule has 0 aliphatic carbocycles. The number of nitrogens with zero attached hydrogens (tertiary/aromatic N) is 3. The second-order valence-corrected chi connectivity index (χ2v) is 6.60. The van der Waals surface area contributed by atoms with Gasteiger partial charge in [0.05, 0.1) is 10.7 Å². The zero-order valence-corrected chi connectivity index (χ0v) is 14.6. The molecule has 0 bridgehead atoms. The molecule has 0 saturated carbocycles. The van der Waals surface area contributed by atoms with Crippen molar-refractivity contribution in [2.45, 2.75) is 19.6 Å². The highest BCUT2D eigenvalue weighted by molar-refractivity contribution is 8.22. The fourth-order valence-electron chi connectivity index (χ4n) is 1.98. The third-order valence-electron chi connectivity index (χ3n) is 3.13. The van der Waals surface area contributed by atoms with E-state index in [2.05, 4.69) is 9.88 Å². The van der Waals surface area contributed by atoms with E-state index in [4.69, 9.17) is 23.8 Å². The summed E-state index contributed by atoms with van der Waals surface area (Å²) in [6.07, 6.45) is 1.43. The van der Waals surface area contributed by atoms with E-state index in [0.717, 1.165) is 17.4 Å². The van der Waals surface area contributed by atoms with E-state index in [1.807, 2.05) is 13.8 Å². The van der Waals surface area contributed by atoms with Crippen LogP contribution in [0.15, 0.2) is 23.1 Å². The molecule has 0 aliphatic heterocycles. The van der Waals surface area contributed by atoms with Crippen LogP contribution in [0.2, 0.25) is 5.02 Å². The van der Waals surface area contributed by atoms with Crippen molar-refractivity contribution in [1.82, 2.24) is 14.3 Å². The van der Waals surface area contributed by atoms with Crippen LogP contribution in [0, 0.1) is 0 Å². The van der Waals surface area contributed by atoms with Crippen LogP contribution < -0.4 is 5.56 Å². The Morgan fingerprint density at radius 2 is 2.14 bits per heavy atom. The van der Waals surface area contributed by atoms with Gasteiger partial charge < -0.3 is 10.0 Å². The zero-order chi connectivity index (χ0) is 16.3. The smallest absolute Gasteiger partial charge is 0.258 e. The largest absolute Gasteiger partial charge is 0.504 e. The number of aromatic hydroxyl groups is 1. The lowest BCUT2D eigenvalue weighted by Crippen LogP contribution is -2.26. The molecule has 0 unspecified atom stereocenters. The average molecular weight is 358 g/mol. The lowest BCUT2D eigenvalue weighted by atomic mass is 10.4. The molecule has 0 spiro atoms. The van der Waals surface area contributed by atoms with Crippen LogP contribution in [-0.4, -0.2) is 36.8 Å². The first-order chi connectivity index (χ1) is 10.5. The maximum absolute atomic E-state index is 12.1. The standard InChI is InChI=1S/C14H16ClN3O2S2/c1-3-17(4-2)14(21)22-8-10-6-12(20)18-7-9(15)5-11(19)13(18)16-10/h5-7,19H,3-4,8H2,1-2H3. The normalized spacial score (nSPS) is 10.9. The van der Waals surface area contributed by atoms with E-state index >= 15 is 0 Å². The summed E-state index contributed by atoms with van der Waals surface area (Å²) >= 11 is 12.6. The van der Waals surface area contributed by atoms with Gasteiger partial charge in [-0.1, -0.05) is 35.6 Å². The second kappa shape index (κ2) is 7.30. The van der Waals surface area contributed by atoms with Crippen molar-refractivity contribution in [2.75, 3.05) is 13.1 Å². The Labute approximate surface area is 142 Å². The van der Waals surface area contributed by atoms with Gasteiger partial charge in [0.2, 0.25) is 0 Å². The molecule has 2 aromatic heterocycles. The molecule has 118 valence electrons. The molecule has 0 aromatic carbocycles. The van der Waals surface area contributed by atoms with Gasteiger partial charge in [-0.15, -0.1) is 0 Å². The van der Waals surface area contributed by atoms with Crippen molar-refractivity contribution in [3.05, 3.63) is 39.4 Å². The first-order valence-electron chi connectivity index (χ1n) is 6.78. The van der Waals surface area contributed by atoms with Crippen molar-refractivity contribution in [3.63, 3.8) is 0 Å². The molecule has 0 amide bonds. The average Bonchev–Trinajstić information content (AvgIpc) is 2.47. The van der Waals surface area contributed by atoms with Crippen LogP contribution in [0.3, 0.4) is 0 Å². The van der Waals surface area contributed by atoms with E-state index in [9.17, 15) is 9.90 Å². The topological polar surface area (TPSA) is 57.8 Å². The summed E-state index contributed by atoms with van der Waals surface area (Å²) in [7, 11) is 0. The van der Waals surface area contributed by atoms with Gasteiger partial charge in [-0.3, -0.25) is 9.20 Å². The Hall–Kier alpha value is -1.31. The molecule has 8 heteroatoms. The van der Waals surface area contributed by atoms with Gasteiger partial charge >= 0.3 is 0 Å². The molecule has 0 fully saturated rings. The van der Waals surface area contributed by atoms with Gasteiger partial charge in [-0.05, 0) is 13.8 Å². The minimum Gasteiger partial charge on any atom is -0.504 e. The molecule has 2 rings (SSSR count). The summed E-state index contributed by atoms with van der Waals surface area (Å²) in [4.78, 5) is 18.5. The van der Waals surface area contributed by atoms with E-state index in [0.29, 0.717) is 11.4 Å². The number of hydrogen-bond acceptors (Lipinski definition) is 5. The summed E-state index contributed by atoms with van der Waals surface area (Å²) < 4.78 is 2.00. The Balaban J connectivity index is 2.27. The molecular formula is C14H16ClN3O2S2. The van der Waals surface area contributed by atoms with Crippen LogP contribution in [0.5, 0.6) is 5.75 Å². The van der Waals surface area contributed by atoms with E-state index in [1.165, 1.54) is 34.5 Å². The van der Waals surface area contributed by atoms with Crippen molar-refractivity contribution < 1.29 is 5.11 Å². The number of halogens is 1. The third kappa shape index (κ3) is 3.71. The van der Waals surface area contributed by atoms with Crippen molar-refractivity contribution >= 4 is 45.5 Å². The van der Waals surface area contributed by atoms with Crippen LogP contribution in [0.25, 0.3) is 5.65 Å². The van der Waals surface area contributed by atoms with Crippen molar-refractivity contribution in [2.24, 2.45) is 0 Å². The number of pyridine rings is 1. The second-order valence-electron chi connectivity index (χ2n) is 4.55. The highest BCUT2D eigenvalue weighted by atomic mass is 35.5. The first kappa shape index (κ1) is 17.1. The summed E-state index contributed by atoms with van der Waals surface area (Å²) in [6.45, 7) is 5.77. The molecule has 1 N–H and O–H groups in total. The quantitative estimate of drug-likeness (QED) is 0.849. The molecule has 0 radical (unpaired) electrons. The van der Waals surface area contributed by atoms with Crippen LogP contribution in [-0.2, 0) is 5.75 Å². The molecule has 22 heavy (non-hydrogen) atoms. The first-order valence-corrected chi connectivity index (χ1v) is 8.56. The zero-order valence-electron chi connectivity index (χ0n) is 12.2. The molecule has 2 aromatic rings. The molecule has 0 aliphatic rings. The summed E-state index contributed by atoms with van der Waals surface area (Å²) in [5, 5.41) is 10.2. The lowest BCUT2D eigenvalue weighted by Gasteiger charge is -2.20. The fraction of sp³-hybridized carbons (Fsp3) is 0.357. The van der Waals surface area contributed by atoms with Gasteiger partial charge in [0.1, 0.15) is 4.32 Å². The summed E-state index contributed by atoms with van der Waals surface area (Å²) in [6, 6.07) is 2.79. The van der Waals surface area contributed by atoms with Gasteiger partial charge in [0.15, 0.2) is 11.4 Å². The molecule has 5 nitrogen and oxygen atoms in total. The third-order valence-corrected chi connectivity index (χ3v) is 4.89. The van der Waals surface area contributed by atoms with E-state index in [-0.39, 0.29) is 22.0 Å². The van der Waals surface area contributed by atoms with E-state index in [1.54, 1.807) is 0 Å². The number of thiocarbonyl (C=S) groups is 1. The minimum atomic E-state index is -0.285. The predicted molar refractivity (Wildman–Crippen MR) is 95.0 cm³/mol. The Kier molecular flexibility index (Phi) is 5.66. The van der Waals surface area contributed by atoms with Gasteiger partial charge in [-0.2, -0.15) is 0 Å². The highest BCUT2D eigenvalue weighted by Gasteiger charge is 2.10. The van der Waals surface area contributed by atoms with Crippen molar-refractivity contribution in [1.29, 1.82) is 0 Å². The van der Waals surface area contributed by atoms with Gasteiger partial charge in [0.25, 0.3) is 5.56 Å². The molecule has 0 saturated heterocycles. The van der Waals surface area contributed by atoms with Gasteiger partial charge in [-0.25, -0.2) is 4.98 Å². The SMILES string of the molecule is CCN(CC)C(=S)SCc1cc(=O)n2cc(Cl)cc(O)c2n1. The number of hydrogen-bond donors (Lipinski definition) is 1. The molecule has 0 atom stereocenters. The Bertz CT molecular complexity index is 760. The number of fused-ring (bicyclic) bond motifs is 1. The van der Waals surface area contributed by atoms with Crippen LogP contribution >= 0.6 is 35.6 Å². The molecule has 2 heterocycles. The monoisotopic (exact) mass is 357 g/mol. The lowest BCUT2D eigenvalue weighted by molar-refractivity contribution is 0.476. The number of aromatic nitrogens is 2. The maximum Gasteiger partial charge on any atom is 0.258 e. The number of thioether (sulfide) groups is 1. The fourth-order valence-corrected chi connectivity index (χ4v) is 3.48. The minimum absolute atomic E-state index is 0.122. The summed E-state index contributed by atoms with van der Waals surface area (Å²) in [5.41, 5.74) is 0.482.